The molecule has 0 spiro atoms. The van der Waals surface area contributed by atoms with Gasteiger partial charge in [0.2, 0.25) is 6.41 Å². The Hall–Kier alpha value is -1.39. The van der Waals surface area contributed by atoms with Crippen LogP contribution in [-0.4, -0.2) is 39.6 Å². The van der Waals surface area contributed by atoms with Crippen molar-refractivity contribution in [2.24, 2.45) is 0 Å². The van der Waals surface area contributed by atoms with E-state index in [0.717, 1.165) is 31.7 Å². The van der Waals surface area contributed by atoms with Crippen LogP contribution in [0.3, 0.4) is 0 Å². The van der Waals surface area contributed by atoms with Gasteiger partial charge < -0.3 is 4.90 Å². The third kappa shape index (κ3) is 1.17. The van der Waals surface area contributed by atoms with Crippen LogP contribution in [0, 0.1) is 0 Å². The minimum absolute atomic E-state index is 0.345. The standard InChI is InChI=1S/C7H10N4O/c12-5-11-2-1-6(3-11)7-8-4-9-10-7/h4-6H,1-3H2,(H,8,9,10)/t6-/m1/s1. The average molecular weight is 166 g/mol. The quantitative estimate of drug-likeness (QED) is 0.616. The van der Waals surface area contributed by atoms with E-state index >= 15 is 0 Å². The Kier molecular flexibility index (Phi) is 1.77. The second kappa shape index (κ2) is 2.92. The molecule has 1 atom stereocenters. The van der Waals surface area contributed by atoms with Gasteiger partial charge >= 0.3 is 0 Å². The first-order valence-corrected chi connectivity index (χ1v) is 3.95. The Bertz CT molecular complexity index is 258. The van der Waals surface area contributed by atoms with Crippen LogP contribution < -0.4 is 0 Å². The summed E-state index contributed by atoms with van der Waals surface area (Å²) in [5, 5.41) is 6.59. The zero-order chi connectivity index (χ0) is 8.39. The van der Waals surface area contributed by atoms with E-state index in [0.29, 0.717) is 5.92 Å². The number of carbonyl (C=O) groups excluding carboxylic acids is 1. The molecule has 1 fully saturated rings. The summed E-state index contributed by atoms with van der Waals surface area (Å²) in [5.41, 5.74) is 0. The lowest BCUT2D eigenvalue weighted by Gasteiger charge is -2.06. The van der Waals surface area contributed by atoms with Gasteiger partial charge in [0.1, 0.15) is 12.2 Å². The molecule has 0 aromatic carbocycles. The number of rotatable bonds is 2. The van der Waals surface area contributed by atoms with Crippen LogP contribution in [-0.2, 0) is 4.79 Å². The van der Waals surface area contributed by atoms with Crippen molar-refractivity contribution in [2.75, 3.05) is 13.1 Å². The molecule has 0 saturated carbocycles. The molecular weight excluding hydrogens is 156 g/mol. The highest BCUT2D eigenvalue weighted by molar-refractivity contribution is 5.47. The molecule has 1 aromatic rings. The summed E-state index contributed by atoms with van der Waals surface area (Å²) >= 11 is 0. The summed E-state index contributed by atoms with van der Waals surface area (Å²) in [6.07, 6.45) is 3.36. The lowest BCUT2D eigenvalue weighted by molar-refractivity contribution is -0.117. The summed E-state index contributed by atoms with van der Waals surface area (Å²) in [5.74, 6) is 1.23. The van der Waals surface area contributed by atoms with Gasteiger partial charge in [-0.05, 0) is 6.42 Å². The molecule has 0 aliphatic carbocycles. The minimum Gasteiger partial charge on any atom is -0.345 e. The number of H-pyrrole nitrogens is 1. The Labute approximate surface area is 69.8 Å². The highest BCUT2D eigenvalue weighted by Gasteiger charge is 2.24. The highest BCUT2D eigenvalue weighted by Crippen LogP contribution is 2.22. The first kappa shape index (κ1) is 7.27. The Morgan fingerprint density at radius 1 is 1.75 bits per heavy atom. The molecule has 12 heavy (non-hydrogen) atoms. The van der Waals surface area contributed by atoms with Gasteiger partial charge in [-0.3, -0.25) is 9.89 Å². The van der Waals surface area contributed by atoms with Gasteiger partial charge in [0.05, 0.1) is 0 Å². The molecule has 64 valence electrons. The number of likely N-dealkylation sites (tertiary alicyclic amines) is 1. The predicted molar refractivity (Wildman–Crippen MR) is 41.4 cm³/mol. The molecule has 1 aliphatic rings. The van der Waals surface area contributed by atoms with Crippen molar-refractivity contribution >= 4 is 6.41 Å². The second-order valence-corrected chi connectivity index (χ2v) is 2.96. The molecule has 1 aromatic heterocycles. The second-order valence-electron chi connectivity index (χ2n) is 2.96. The largest absolute Gasteiger partial charge is 0.345 e. The number of amides is 1. The smallest absolute Gasteiger partial charge is 0.209 e. The number of carbonyl (C=O) groups is 1. The summed E-state index contributed by atoms with van der Waals surface area (Å²) in [7, 11) is 0. The first-order valence-electron chi connectivity index (χ1n) is 3.95. The Morgan fingerprint density at radius 2 is 2.67 bits per heavy atom. The zero-order valence-electron chi connectivity index (χ0n) is 6.60. The fourth-order valence-corrected chi connectivity index (χ4v) is 1.52. The van der Waals surface area contributed by atoms with Crippen molar-refractivity contribution in [1.29, 1.82) is 0 Å². The maximum Gasteiger partial charge on any atom is 0.209 e. The van der Waals surface area contributed by atoms with Crippen molar-refractivity contribution in [3.63, 3.8) is 0 Å². The van der Waals surface area contributed by atoms with Crippen molar-refractivity contribution in [2.45, 2.75) is 12.3 Å². The molecule has 1 saturated heterocycles. The van der Waals surface area contributed by atoms with E-state index in [9.17, 15) is 4.79 Å². The summed E-state index contributed by atoms with van der Waals surface area (Å²) in [4.78, 5) is 16.2. The van der Waals surface area contributed by atoms with E-state index in [1.807, 2.05) is 0 Å². The molecular formula is C7H10N4O. The SMILES string of the molecule is O=CN1CC[C@@H](c2ncn[nH]2)C1. The topological polar surface area (TPSA) is 61.9 Å². The van der Waals surface area contributed by atoms with Gasteiger partial charge in [-0.25, -0.2) is 4.98 Å². The molecule has 1 N–H and O–H groups in total. The number of aromatic amines is 1. The van der Waals surface area contributed by atoms with Crippen LogP contribution in [0.4, 0.5) is 0 Å². The maximum absolute atomic E-state index is 10.4. The van der Waals surface area contributed by atoms with Crippen LogP contribution in [0.2, 0.25) is 0 Å². The first-order chi connectivity index (χ1) is 5.90. The van der Waals surface area contributed by atoms with Crippen molar-refractivity contribution in [1.82, 2.24) is 20.1 Å². The van der Waals surface area contributed by atoms with E-state index in [4.69, 9.17) is 0 Å². The van der Waals surface area contributed by atoms with Crippen molar-refractivity contribution in [3.05, 3.63) is 12.2 Å². The summed E-state index contributed by atoms with van der Waals surface area (Å²) in [6, 6.07) is 0. The fraction of sp³-hybridized carbons (Fsp3) is 0.571. The van der Waals surface area contributed by atoms with Crippen molar-refractivity contribution in [3.8, 4) is 0 Å². The fourth-order valence-electron chi connectivity index (χ4n) is 1.52. The van der Waals surface area contributed by atoms with E-state index in [1.165, 1.54) is 6.33 Å². The van der Waals surface area contributed by atoms with Crippen LogP contribution >= 0.6 is 0 Å². The highest BCUT2D eigenvalue weighted by atomic mass is 16.1. The number of aromatic nitrogens is 3. The van der Waals surface area contributed by atoms with Gasteiger partial charge in [0.25, 0.3) is 0 Å². The van der Waals surface area contributed by atoms with E-state index < -0.39 is 0 Å². The van der Waals surface area contributed by atoms with Gasteiger partial charge in [-0.1, -0.05) is 0 Å². The molecule has 0 bridgehead atoms. The molecule has 1 amide bonds. The predicted octanol–water partition coefficient (Wildman–Crippen LogP) is -0.250. The summed E-state index contributed by atoms with van der Waals surface area (Å²) in [6.45, 7) is 1.59. The number of nitrogens with one attached hydrogen (secondary N) is 1. The van der Waals surface area contributed by atoms with E-state index in [1.54, 1.807) is 4.90 Å². The Morgan fingerprint density at radius 3 is 3.25 bits per heavy atom. The molecule has 5 nitrogen and oxygen atoms in total. The molecule has 1 aliphatic heterocycles. The Balaban J connectivity index is 2.04. The van der Waals surface area contributed by atoms with Gasteiger partial charge in [-0.15, -0.1) is 0 Å². The third-order valence-electron chi connectivity index (χ3n) is 2.19. The van der Waals surface area contributed by atoms with Gasteiger partial charge in [-0.2, -0.15) is 5.10 Å². The summed E-state index contributed by atoms with van der Waals surface area (Å²) < 4.78 is 0. The van der Waals surface area contributed by atoms with Gasteiger partial charge in [0, 0.05) is 19.0 Å². The molecule has 0 unspecified atom stereocenters. The van der Waals surface area contributed by atoms with Crippen molar-refractivity contribution < 1.29 is 4.79 Å². The van der Waals surface area contributed by atoms with Crippen LogP contribution in [0.1, 0.15) is 18.2 Å². The lowest BCUT2D eigenvalue weighted by Crippen LogP contribution is -2.17. The third-order valence-corrected chi connectivity index (χ3v) is 2.19. The average Bonchev–Trinajstić information content (AvgIpc) is 2.75. The normalized spacial score (nSPS) is 23.0. The number of hydrogen-bond donors (Lipinski definition) is 1. The van der Waals surface area contributed by atoms with Crippen LogP contribution in [0.15, 0.2) is 6.33 Å². The molecule has 2 rings (SSSR count). The zero-order valence-corrected chi connectivity index (χ0v) is 6.60. The lowest BCUT2D eigenvalue weighted by atomic mass is 10.1. The van der Waals surface area contributed by atoms with E-state index in [-0.39, 0.29) is 0 Å². The molecule has 0 radical (unpaired) electrons. The van der Waals surface area contributed by atoms with Crippen LogP contribution in [0.5, 0.6) is 0 Å². The minimum atomic E-state index is 0.345. The van der Waals surface area contributed by atoms with Gasteiger partial charge in [0.15, 0.2) is 0 Å². The monoisotopic (exact) mass is 166 g/mol. The van der Waals surface area contributed by atoms with E-state index in [2.05, 4.69) is 15.2 Å². The molecule has 2 heterocycles. The molecule has 5 heteroatoms. The number of hydrogen-bond acceptors (Lipinski definition) is 3. The number of nitrogens with zero attached hydrogens (tertiary/aromatic N) is 3. The maximum atomic E-state index is 10.4. The van der Waals surface area contributed by atoms with Crippen LogP contribution in [0.25, 0.3) is 0 Å².